The molecule has 2 aromatic rings. The van der Waals surface area contributed by atoms with Crippen LogP contribution < -0.4 is 19.5 Å². The fraction of sp³-hybridized carbons (Fsp3) is 0.200. The minimum Gasteiger partial charge on any atom is -0.497 e. The molecule has 6 nitrogen and oxygen atoms in total. The van der Waals surface area contributed by atoms with Gasteiger partial charge in [-0.15, -0.1) is 0 Å². The van der Waals surface area contributed by atoms with Crippen molar-refractivity contribution in [1.29, 1.82) is 5.26 Å². The van der Waals surface area contributed by atoms with Gasteiger partial charge in [-0.1, -0.05) is 6.07 Å². The summed E-state index contributed by atoms with van der Waals surface area (Å²) in [5.41, 5.74) is 2.68. The molecule has 0 atom stereocenters. The van der Waals surface area contributed by atoms with E-state index in [9.17, 15) is 10.1 Å². The molecular weight excluding hydrogens is 332 g/mol. The number of carbonyl (C=O) groups excluding carboxylic acids is 1. The number of allylic oxidation sites excluding steroid dienone is 1. The van der Waals surface area contributed by atoms with Crippen molar-refractivity contribution in [3.8, 4) is 23.3 Å². The topological polar surface area (TPSA) is 80.6 Å². The molecule has 0 saturated heterocycles. The first-order valence-electron chi connectivity index (χ1n) is 7.81. The molecule has 0 aliphatic carbocycles. The molecule has 0 aliphatic heterocycles. The molecule has 2 aromatic carbocycles. The Hall–Kier alpha value is -3.46. The van der Waals surface area contributed by atoms with Gasteiger partial charge in [0.15, 0.2) is 0 Å². The lowest BCUT2D eigenvalue weighted by Crippen LogP contribution is -2.07. The minimum atomic E-state index is -0.214. The highest BCUT2D eigenvalue weighted by Gasteiger charge is 2.13. The third-order valence-electron chi connectivity index (χ3n) is 3.69. The Labute approximate surface area is 152 Å². The quantitative estimate of drug-likeness (QED) is 0.803. The maximum absolute atomic E-state index is 11.5. The number of anilines is 1. The van der Waals surface area contributed by atoms with Gasteiger partial charge in [0.2, 0.25) is 5.91 Å². The van der Waals surface area contributed by atoms with Gasteiger partial charge in [-0.2, -0.15) is 5.26 Å². The summed E-state index contributed by atoms with van der Waals surface area (Å²) in [6, 6.07) is 12.8. The lowest BCUT2D eigenvalue weighted by Gasteiger charge is -2.14. The zero-order chi connectivity index (χ0) is 19.1. The first-order valence-corrected chi connectivity index (χ1v) is 7.81. The van der Waals surface area contributed by atoms with Crippen molar-refractivity contribution >= 4 is 17.2 Å². The Morgan fingerprint density at radius 3 is 2.15 bits per heavy atom. The number of rotatable bonds is 6. The van der Waals surface area contributed by atoms with Crippen molar-refractivity contribution in [2.24, 2.45) is 0 Å². The molecule has 134 valence electrons. The summed E-state index contributed by atoms with van der Waals surface area (Å²) in [6.07, 6.45) is 1.44. The Morgan fingerprint density at radius 1 is 1.00 bits per heavy atom. The second-order valence-electron chi connectivity index (χ2n) is 5.38. The fourth-order valence-corrected chi connectivity index (χ4v) is 2.52. The summed E-state index contributed by atoms with van der Waals surface area (Å²) in [7, 11) is 4.66. The summed E-state index contributed by atoms with van der Waals surface area (Å²) in [5.74, 6) is 1.54. The molecule has 0 saturated carbocycles. The average molecular weight is 352 g/mol. The maximum atomic E-state index is 11.5. The van der Waals surface area contributed by atoms with Crippen LogP contribution in [0.3, 0.4) is 0 Å². The number of hydrogen-bond acceptors (Lipinski definition) is 5. The van der Waals surface area contributed by atoms with Gasteiger partial charge in [0.1, 0.15) is 17.2 Å². The second kappa shape index (κ2) is 8.58. The van der Waals surface area contributed by atoms with Crippen LogP contribution in [0.4, 0.5) is 5.69 Å². The molecule has 0 radical (unpaired) electrons. The van der Waals surface area contributed by atoms with Gasteiger partial charge in [-0.25, -0.2) is 0 Å². The summed E-state index contributed by atoms with van der Waals surface area (Å²) in [4.78, 5) is 11.5. The van der Waals surface area contributed by atoms with E-state index in [2.05, 4.69) is 11.4 Å². The van der Waals surface area contributed by atoms with Gasteiger partial charge >= 0.3 is 0 Å². The van der Waals surface area contributed by atoms with E-state index in [0.717, 1.165) is 11.1 Å². The number of carbonyl (C=O) groups is 1. The molecule has 26 heavy (non-hydrogen) atoms. The van der Waals surface area contributed by atoms with E-state index < -0.39 is 0 Å². The molecule has 0 fully saturated rings. The van der Waals surface area contributed by atoms with Crippen molar-refractivity contribution in [3.05, 3.63) is 53.6 Å². The summed E-state index contributed by atoms with van der Waals surface area (Å²) in [6.45, 7) is 1.42. The highest BCUT2D eigenvalue weighted by atomic mass is 16.5. The predicted octanol–water partition coefficient (Wildman–Crippen LogP) is 3.63. The molecule has 1 N–H and O–H groups in total. The first kappa shape index (κ1) is 18.9. The smallest absolute Gasteiger partial charge is 0.221 e. The van der Waals surface area contributed by atoms with E-state index in [1.165, 1.54) is 20.1 Å². The van der Waals surface area contributed by atoms with E-state index in [0.29, 0.717) is 28.5 Å². The van der Waals surface area contributed by atoms with Crippen LogP contribution in [0.15, 0.2) is 42.5 Å². The molecule has 0 heterocycles. The van der Waals surface area contributed by atoms with Crippen LogP contribution in [-0.4, -0.2) is 27.2 Å². The van der Waals surface area contributed by atoms with Crippen LogP contribution in [0.2, 0.25) is 0 Å². The first-order chi connectivity index (χ1) is 12.5. The van der Waals surface area contributed by atoms with E-state index in [1.807, 2.05) is 18.2 Å². The van der Waals surface area contributed by atoms with Crippen LogP contribution in [0.1, 0.15) is 18.1 Å². The van der Waals surface area contributed by atoms with Crippen LogP contribution in [0, 0.1) is 11.3 Å². The third-order valence-corrected chi connectivity index (χ3v) is 3.69. The standard InChI is InChI=1S/C20H20N2O4/c1-13(23)22-19-11-14(5-6-20(19)26-4)18(7-8-21)15-9-16(24-2)12-17(10-15)25-3/h5-7,9-12H,1-4H3,(H,22,23). The van der Waals surface area contributed by atoms with Crippen LogP contribution in [0.5, 0.6) is 17.2 Å². The highest BCUT2D eigenvalue weighted by Crippen LogP contribution is 2.34. The Balaban J connectivity index is 2.60. The number of nitrogens with zero attached hydrogens (tertiary/aromatic N) is 1. The Kier molecular flexibility index (Phi) is 6.23. The zero-order valence-corrected chi connectivity index (χ0v) is 15.1. The molecule has 0 aromatic heterocycles. The molecule has 6 heteroatoms. The summed E-state index contributed by atoms with van der Waals surface area (Å²) in [5, 5.41) is 12.0. The molecule has 0 spiro atoms. The fourth-order valence-electron chi connectivity index (χ4n) is 2.52. The lowest BCUT2D eigenvalue weighted by molar-refractivity contribution is -0.114. The van der Waals surface area contributed by atoms with E-state index in [-0.39, 0.29) is 5.91 Å². The average Bonchev–Trinajstić information content (AvgIpc) is 2.65. The Morgan fingerprint density at radius 2 is 1.65 bits per heavy atom. The molecule has 0 aliphatic rings. The molecule has 1 amide bonds. The summed E-state index contributed by atoms with van der Waals surface area (Å²) >= 11 is 0. The number of nitriles is 1. The van der Waals surface area contributed by atoms with Gasteiger partial charge in [-0.3, -0.25) is 4.79 Å². The minimum absolute atomic E-state index is 0.214. The third kappa shape index (κ3) is 4.33. The van der Waals surface area contributed by atoms with Gasteiger partial charge in [0.05, 0.1) is 33.1 Å². The van der Waals surface area contributed by atoms with Crippen LogP contribution >= 0.6 is 0 Å². The van der Waals surface area contributed by atoms with Crippen LogP contribution in [0.25, 0.3) is 5.57 Å². The normalized spacial score (nSPS) is 10.7. The van der Waals surface area contributed by atoms with Gasteiger partial charge in [-0.05, 0) is 41.0 Å². The van der Waals surface area contributed by atoms with Crippen molar-refractivity contribution in [2.75, 3.05) is 26.6 Å². The van der Waals surface area contributed by atoms with E-state index >= 15 is 0 Å². The van der Waals surface area contributed by atoms with Crippen molar-refractivity contribution in [2.45, 2.75) is 6.92 Å². The van der Waals surface area contributed by atoms with Gasteiger partial charge < -0.3 is 19.5 Å². The zero-order valence-electron chi connectivity index (χ0n) is 15.1. The molecular formula is C20H20N2O4. The number of hydrogen-bond donors (Lipinski definition) is 1. The number of methoxy groups -OCH3 is 3. The number of benzene rings is 2. The largest absolute Gasteiger partial charge is 0.497 e. The molecule has 2 rings (SSSR count). The van der Waals surface area contributed by atoms with Gasteiger partial charge in [0, 0.05) is 19.1 Å². The van der Waals surface area contributed by atoms with Crippen molar-refractivity contribution in [3.63, 3.8) is 0 Å². The van der Waals surface area contributed by atoms with Crippen LogP contribution in [-0.2, 0) is 4.79 Å². The second-order valence-corrected chi connectivity index (χ2v) is 5.38. The number of nitrogens with one attached hydrogen (secondary N) is 1. The highest BCUT2D eigenvalue weighted by molar-refractivity contribution is 5.92. The lowest BCUT2D eigenvalue weighted by atomic mass is 9.96. The van der Waals surface area contributed by atoms with Gasteiger partial charge in [0.25, 0.3) is 0 Å². The van der Waals surface area contributed by atoms with E-state index in [1.54, 1.807) is 32.4 Å². The molecule has 0 bridgehead atoms. The predicted molar refractivity (Wildman–Crippen MR) is 99.5 cm³/mol. The summed E-state index contributed by atoms with van der Waals surface area (Å²) < 4.78 is 15.9. The number of amides is 1. The maximum Gasteiger partial charge on any atom is 0.221 e. The van der Waals surface area contributed by atoms with Crippen molar-refractivity contribution < 1.29 is 19.0 Å². The van der Waals surface area contributed by atoms with E-state index in [4.69, 9.17) is 14.2 Å². The SMILES string of the molecule is COc1cc(OC)cc(C(=CC#N)c2ccc(OC)c(NC(C)=O)c2)c1. The van der Waals surface area contributed by atoms with Crippen molar-refractivity contribution in [1.82, 2.24) is 0 Å². The monoisotopic (exact) mass is 352 g/mol. The Bertz CT molecular complexity index is 860. The number of ether oxygens (including phenoxy) is 3. The molecule has 0 unspecified atom stereocenters.